The van der Waals surface area contributed by atoms with Crippen LogP contribution in [0.2, 0.25) is 0 Å². The molecule has 5 nitrogen and oxygen atoms in total. The number of aliphatic carboxylic acids is 1. The van der Waals surface area contributed by atoms with E-state index in [2.05, 4.69) is 42.5 Å². The third-order valence-electron chi connectivity index (χ3n) is 3.06. The molecule has 3 rings (SSSR count). The van der Waals surface area contributed by atoms with Crippen LogP contribution in [0.3, 0.4) is 0 Å². The van der Waals surface area contributed by atoms with E-state index in [0.29, 0.717) is 6.61 Å². The number of carbonyl (C=O) groups is 1. The summed E-state index contributed by atoms with van der Waals surface area (Å²) in [4.78, 5) is 9.65. The van der Waals surface area contributed by atoms with Crippen LogP contribution in [-0.4, -0.2) is 35.4 Å². The maximum Gasteiger partial charge on any atom is 0.322 e. The molecule has 2 aromatic rings. The first-order valence-corrected chi connectivity index (χ1v) is 6.54. The zero-order valence-electron chi connectivity index (χ0n) is 11.4. The van der Waals surface area contributed by atoms with Gasteiger partial charge in [-0.2, -0.15) is 0 Å². The molecule has 1 aliphatic heterocycles. The predicted molar refractivity (Wildman–Crippen MR) is 81.2 cm³/mol. The molecule has 0 saturated heterocycles. The van der Waals surface area contributed by atoms with Crippen molar-refractivity contribution in [2.75, 3.05) is 13.2 Å². The van der Waals surface area contributed by atoms with Crippen LogP contribution in [0, 0.1) is 0 Å². The van der Waals surface area contributed by atoms with E-state index >= 15 is 0 Å². The smallest absolute Gasteiger partial charge is 0.322 e. The Bertz CT molecular complexity index is 666. The average Bonchev–Trinajstić information content (AvgIpc) is 2.54. The van der Waals surface area contributed by atoms with Crippen molar-refractivity contribution in [3.05, 3.63) is 48.0 Å². The van der Waals surface area contributed by atoms with Crippen LogP contribution in [0.4, 0.5) is 0 Å². The maximum atomic E-state index is 9.65. The van der Waals surface area contributed by atoms with Gasteiger partial charge in [-0.3, -0.25) is 4.79 Å². The second kappa shape index (κ2) is 6.88. The zero-order valence-corrected chi connectivity index (χ0v) is 11.4. The number of hydrogen-bond donors (Lipinski definition) is 3. The van der Waals surface area contributed by atoms with Gasteiger partial charge in [0.25, 0.3) is 0 Å². The van der Waals surface area contributed by atoms with Crippen molar-refractivity contribution in [3.63, 3.8) is 0 Å². The monoisotopic (exact) mass is 287 g/mol. The van der Waals surface area contributed by atoms with E-state index in [1.165, 1.54) is 16.3 Å². The highest BCUT2D eigenvalue weighted by molar-refractivity contribution is 5.93. The first-order valence-electron chi connectivity index (χ1n) is 6.54. The van der Waals surface area contributed by atoms with Crippen molar-refractivity contribution >= 4 is 22.8 Å². The van der Waals surface area contributed by atoms with Crippen LogP contribution in [0.1, 0.15) is 5.56 Å². The lowest BCUT2D eigenvalue weighted by molar-refractivity contribution is -0.139. The molecule has 0 bridgehead atoms. The molecule has 0 fully saturated rings. The first kappa shape index (κ1) is 15.0. The Balaban J connectivity index is 0.000000199. The number of ether oxygens (including phenoxy) is 1. The molecule has 110 valence electrons. The van der Waals surface area contributed by atoms with Gasteiger partial charge >= 0.3 is 5.97 Å². The highest BCUT2D eigenvalue weighted by Gasteiger charge is 2.08. The summed E-state index contributed by atoms with van der Waals surface area (Å²) < 4.78 is 5.54. The van der Waals surface area contributed by atoms with Gasteiger partial charge in [0, 0.05) is 5.56 Å². The number of hydrogen-bond acceptors (Lipinski definition) is 4. The van der Waals surface area contributed by atoms with E-state index in [4.69, 9.17) is 20.7 Å². The molecule has 0 spiro atoms. The van der Waals surface area contributed by atoms with Crippen molar-refractivity contribution in [1.82, 2.24) is 0 Å². The van der Waals surface area contributed by atoms with Gasteiger partial charge in [-0.05, 0) is 22.9 Å². The second-order valence-corrected chi connectivity index (χ2v) is 4.54. The van der Waals surface area contributed by atoms with Gasteiger partial charge < -0.3 is 20.7 Å². The molecular weight excluding hydrogens is 270 g/mol. The molecule has 1 aliphatic rings. The van der Waals surface area contributed by atoms with E-state index in [-0.39, 0.29) is 0 Å². The Morgan fingerprint density at radius 3 is 2.71 bits per heavy atom. The molecule has 21 heavy (non-hydrogen) atoms. The van der Waals surface area contributed by atoms with Crippen LogP contribution >= 0.6 is 0 Å². The number of rotatable bonds is 2. The van der Waals surface area contributed by atoms with Crippen molar-refractivity contribution in [2.24, 2.45) is 5.73 Å². The van der Waals surface area contributed by atoms with Crippen LogP contribution in [0.15, 0.2) is 42.5 Å². The van der Waals surface area contributed by atoms with Crippen LogP contribution in [0.5, 0.6) is 5.75 Å². The fourth-order valence-corrected chi connectivity index (χ4v) is 1.96. The number of carboxylic acids is 1. The van der Waals surface area contributed by atoms with Crippen LogP contribution < -0.4 is 10.5 Å². The predicted octanol–water partition coefficient (Wildman–Crippen LogP) is 1.64. The van der Waals surface area contributed by atoms with E-state index in [1.54, 1.807) is 0 Å². The number of aliphatic hydroxyl groups excluding tert-OH is 1. The van der Waals surface area contributed by atoms with Gasteiger partial charge in [-0.15, -0.1) is 0 Å². The molecule has 1 atom stereocenters. The van der Waals surface area contributed by atoms with Gasteiger partial charge in [-0.25, -0.2) is 0 Å². The lowest BCUT2D eigenvalue weighted by atomic mass is 10.0. The molecule has 4 N–H and O–H groups in total. The standard InChI is InChI=1S/C13H10O.C3H7NO3/c1-2-5-11-10(4-1)7-8-13-12(11)6-3-9-14-13;4-2(1-5)3(6)7/h1-8H,9H2;2,5H,1,4H2,(H,6,7). The van der Waals surface area contributed by atoms with Crippen molar-refractivity contribution in [3.8, 4) is 5.75 Å². The highest BCUT2D eigenvalue weighted by atomic mass is 16.5. The number of carboxylic acid groups (broad SMARTS) is 1. The van der Waals surface area contributed by atoms with Gasteiger partial charge in [0.05, 0.1) is 6.61 Å². The quantitative estimate of drug-likeness (QED) is 0.780. The fraction of sp³-hybridized carbons (Fsp3) is 0.188. The van der Waals surface area contributed by atoms with Crippen molar-refractivity contribution in [2.45, 2.75) is 6.04 Å². The third-order valence-corrected chi connectivity index (χ3v) is 3.06. The number of fused-ring (bicyclic) bond motifs is 3. The molecule has 0 amide bonds. The molecule has 0 saturated carbocycles. The van der Waals surface area contributed by atoms with Gasteiger partial charge in [0.1, 0.15) is 18.4 Å². The number of aliphatic hydroxyl groups is 1. The van der Waals surface area contributed by atoms with Crippen LogP contribution in [-0.2, 0) is 4.79 Å². The molecule has 5 heteroatoms. The van der Waals surface area contributed by atoms with E-state index in [9.17, 15) is 4.79 Å². The second-order valence-electron chi connectivity index (χ2n) is 4.54. The maximum absolute atomic E-state index is 9.65. The lowest BCUT2D eigenvalue weighted by Crippen LogP contribution is -2.33. The minimum Gasteiger partial charge on any atom is -0.489 e. The van der Waals surface area contributed by atoms with E-state index in [1.807, 2.05) is 6.07 Å². The zero-order chi connectivity index (χ0) is 15.2. The Morgan fingerprint density at radius 1 is 1.29 bits per heavy atom. The lowest BCUT2D eigenvalue weighted by Gasteiger charge is -2.14. The normalized spacial score (nSPS) is 13.6. The number of nitrogens with two attached hydrogens (primary N) is 1. The molecule has 2 aromatic carbocycles. The average molecular weight is 287 g/mol. The molecular formula is C16H17NO4. The summed E-state index contributed by atoms with van der Waals surface area (Å²) in [7, 11) is 0. The minimum atomic E-state index is -1.18. The van der Waals surface area contributed by atoms with Gasteiger partial charge in [0.2, 0.25) is 0 Å². The summed E-state index contributed by atoms with van der Waals surface area (Å²) >= 11 is 0. The van der Waals surface area contributed by atoms with Crippen LogP contribution in [0.25, 0.3) is 16.8 Å². The minimum absolute atomic E-state index is 0.505. The van der Waals surface area contributed by atoms with Crippen molar-refractivity contribution in [1.29, 1.82) is 0 Å². The Labute approximate surface area is 122 Å². The summed E-state index contributed by atoms with van der Waals surface area (Å²) in [6.45, 7) is 0.181. The SMILES string of the molecule is C1=Cc2c(ccc3ccccc23)OC1.NC(CO)C(=O)O. The van der Waals surface area contributed by atoms with E-state index in [0.717, 1.165) is 5.75 Å². The van der Waals surface area contributed by atoms with Gasteiger partial charge in [0.15, 0.2) is 0 Å². The van der Waals surface area contributed by atoms with Gasteiger partial charge in [-0.1, -0.05) is 36.4 Å². The summed E-state index contributed by atoms with van der Waals surface area (Å²) in [6, 6.07) is 11.4. The fourth-order valence-electron chi connectivity index (χ4n) is 1.96. The summed E-state index contributed by atoms with van der Waals surface area (Å²) in [5.74, 6) is -0.186. The van der Waals surface area contributed by atoms with Crippen molar-refractivity contribution < 1.29 is 19.7 Å². The molecule has 1 unspecified atom stereocenters. The summed E-state index contributed by atoms with van der Waals surface area (Å²) in [6.07, 6.45) is 4.19. The summed E-state index contributed by atoms with van der Waals surface area (Å²) in [5, 5.41) is 18.4. The number of benzene rings is 2. The molecule has 0 aromatic heterocycles. The molecule has 0 radical (unpaired) electrons. The third kappa shape index (κ3) is 3.59. The van der Waals surface area contributed by atoms with E-state index < -0.39 is 18.6 Å². The Hall–Kier alpha value is -2.37. The first-order chi connectivity index (χ1) is 10.1. The molecule has 1 heterocycles. The Kier molecular flexibility index (Phi) is 4.92. The summed E-state index contributed by atoms with van der Waals surface area (Å²) in [5.41, 5.74) is 5.97. The molecule has 0 aliphatic carbocycles. The Morgan fingerprint density at radius 2 is 2.05 bits per heavy atom. The highest BCUT2D eigenvalue weighted by Crippen LogP contribution is 2.31. The largest absolute Gasteiger partial charge is 0.489 e. The topological polar surface area (TPSA) is 92.8 Å².